The van der Waals surface area contributed by atoms with Crippen LogP contribution < -0.4 is 0 Å². The molecule has 0 bridgehead atoms. The zero-order chi connectivity index (χ0) is 23.9. The molecule has 9 heteroatoms. The number of rotatable bonds is 6. The summed E-state index contributed by atoms with van der Waals surface area (Å²) < 4.78 is 10.5. The quantitative estimate of drug-likeness (QED) is 0.573. The number of carbonyl (C=O) groups excluding carboxylic acids is 4. The third-order valence-corrected chi connectivity index (χ3v) is 6.00. The summed E-state index contributed by atoms with van der Waals surface area (Å²) in [5.74, 6) is -0.299. The Labute approximate surface area is 191 Å². The van der Waals surface area contributed by atoms with Gasteiger partial charge in [-0.1, -0.05) is 0 Å². The van der Waals surface area contributed by atoms with Gasteiger partial charge in [-0.2, -0.15) is 0 Å². The summed E-state index contributed by atoms with van der Waals surface area (Å²) in [4.78, 5) is 54.1. The molecule has 0 unspecified atom stereocenters. The molecule has 2 heterocycles. The first-order chi connectivity index (χ1) is 15.0. The molecule has 32 heavy (non-hydrogen) atoms. The Bertz CT molecular complexity index is 674. The highest BCUT2D eigenvalue weighted by Gasteiger charge is 2.31. The van der Waals surface area contributed by atoms with Gasteiger partial charge in [0.25, 0.3) is 0 Å². The second-order valence-corrected chi connectivity index (χ2v) is 9.77. The summed E-state index contributed by atoms with van der Waals surface area (Å²) in [5, 5.41) is 0. The van der Waals surface area contributed by atoms with Crippen LogP contribution in [0.3, 0.4) is 0 Å². The third kappa shape index (κ3) is 7.98. The lowest BCUT2D eigenvalue weighted by atomic mass is 9.93. The molecule has 0 saturated carbocycles. The molecule has 0 aromatic rings. The number of piperidine rings is 2. The summed E-state index contributed by atoms with van der Waals surface area (Å²) >= 11 is 0. The molecule has 182 valence electrons. The van der Waals surface area contributed by atoms with Crippen LogP contribution in [-0.4, -0.2) is 90.6 Å². The summed E-state index contributed by atoms with van der Waals surface area (Å²) in [5.41, 5.74) is -0.521. The van der Waals surface area contributed by atoms with Crippen molar-refractivity contribution in [3.05, 3.63) is 0 Å². The van der Waals surface area contributed by atoms with Crippen molar-refractivity contribution in [2.45, 2.75) is 65.4 Å². The second kappa shape index (κ2) is 11.5. The van der Waals surface area contributed by atoms with E-state index in [0.717, 1.165) is 12.8 Å². The van der Waals surface area contributed by atoms with Gasteiger partial charge in [-0.05, 0) is 59.3 Å². The Morgan fingerprint density at radius 1 is 0.938 bits per heavy atom. The Kier molecular flexibility index (Phi) is 9.33. The van der Waals surface area contributed by atoms with Gasteiger partial charge in [0.1, 0.15) is 5.60 Å². The molecule has 0 aliphatic carbocycles. The fourth-order valence-electron chi connectivity index (χ4n) is 4.06. The van der Waals surface area contributed by atoms with Gasteiger partial charge in [0.2, 0.25) is 11.8 Å². The maximum Gasteiger partial charge on any atom is 0.410 e. The van der Waals surface area contributed by atoms with Crippen molar-refractivity contribution >= 4 is 23.9 Å². The normalized spacial score (nSPS) is 18.3. The van der Waals surface area contributed by atoms with Gasteiger partial charge in [-0.25, -0.2) is 4.79 Å². The molecule has 2 saturated heterocycles. The summed E-state index contributed by atoms with van der Waals surface area (Å²) in [6.07, 6.45) is 2.74. The average Bonchev–Trinajstić information content (AvgIpc) is 2.73. The van der Waals surface area contributed by atoms with Crippen molar-refractivity contribution in [2.24, 2.45) is 11.8 Å². The SMILES string of the molecule is CCOC(=O)C1CCN(C(=O)CN(C)C(=O)CC2CCN(C(=O)OC(C)(C)C)CC2)CC1. The molecule has 0 radical (unpaired) electrons. The highest BCUT2D eigenvalue weighted by Crippen LogP contribution is 2.23. The van der Waals surface area contributed by atoms with Crippen LogP contribution >= 0.6 is 0 Å². The van der Waals surface area contributed by atoms with Gasteiger partial charge in [0.15, 0.2) is 0 Å². The van der Waals surface area contributed by atoms with Gasteiger partial charge in [-0.3, -0.25) is 14.4 Å². The highest BCUT2D eigenvalue weighted by molar-refractivity contribution is 5.85. The van der Waals surface area contributed by atoms with E-state index in [1.807, 2.05) is 20.8 Å². The number of likely N-dealkylation sites (tertiary alicyclic amines) is 2. The predicted octanol–water partition coefficient (Wildman–Crippen LogP) is 2.28. The molecule has 2 rings (SSSR count). The van der Waals surface area contributed by atoms with Gasteiger partial charge < -0.3 is 24.2 Å². The first-order valence-corrected chi connectivity index (χ1v) is 11.7. The molecule has 0 atom stereocenters. The molecule has 2 aliphatic rings. The average molecular weight is 454 g/mol. The fourth-order valence-corrected chi connectivity index (χ4v) is 4.06. The van der Waals surface area contributed by atoms with Gasteiger partial charge in [0, 0.05) is 39.6 Å². The maximum absolute atomic E-state index is 12.6. The zero-order valence-corrected chi connectivity index (χ0v) is 20.2. The number of hydrogen-bond donors (Lipinski definition) is 0. The molecule has 2 fully saturated rings. The molecule has 0 N–H and O–H groups in total. The summed E-state index contributed by atoms with van der Waals surface area (Å²) in [6.45, 7) is 9.89. The predicted molar refractivity (Wildman–Crippen MR) is 119 cm³/mol. The van der Waals surface area contributed by atoms with Gasteiger partial charge >= 0.3 is 12.1 Å². The molecular formula is C23H39N3O6. The molecular weight excluding hydrogens is 414 g/mol. The zero-order valence-electron chi connectivity index (χ0n) is 20.2. The Morgan fingerprint density at radius 3 is 2.03 bits per heavy atom. The topological polar surface area (TPSA) is 96.5 Å². The third-order valence-electron chi connectivity index (χ3n) is 6.00. The van der Waals surface area contributed by atoms with E-state index in [-0.39, 0.29) is 42.3 Å². The molecule has 0 spiro atoms. The van der Waals surface area contributed by atoms with Crippen molar-refractivity contribution < 1.29 is 28.7 Å². The van der Waals surface area contributed by atoms with Gasteiger partial charge in [0.05, 0.1) is 19.1 Å². The van der Waals surface area contributed by atoms with E-state index in [4.69, 9.17) is 9.47 Å². The monoisotopic (exact) mass is 453 g/mol. The van der Waals surface area contributed by atoms with E-state index < -0.39 is 5.60 Å². The summed E-state index contributed by atoms with van der Waals surface area (Å²) in [7, 11) is 1.65. The minimum Gasteiger partial charge on any atom is -0.466 e. The van der Waals surface area contributed by atoms with Crippen LogP contribution in [0, 0.1) is 11.8 Å². The van der Waals surface area contributed by atoms with Crippen LogP contribution in [-0.2, 0) is 23.9 Å². The van der Waals surface area contributed by atoms with E-state index in [0.29, 0.717) is 52.0 Å². The number of esters is 1. The smallest absolute Gasteiger partial charge is 0.410 e. The number of ether oxygens (including phenoxy) is 2. The van der Waals surface area contributed by atoms with Crippen LogP contribution in [0.15, 0.2) is 0 Å². The van der Waals surface area contributed by atoms with Crippen molar-refractivity contribution in [2.75, 3.05) is 46.4 Å². The minimum absolute atomic E-state index is 0.0413. The van der Waals surface area contributed by atoms with Crippen LogP contribution in [0.5, 0.6) is 0 Å². The largest absolute Gasteiger partial charge is 0.466 e. The number of amides is 3. The van der Waals surface area contributed by atoms with Crippen molar-refractivity contribution in [1.29, 1.82) is 0 Å². The fraction of sp³-hybridized carbons (Fsp3) is 0.826. The Balaban J connectivity index is 1.71. The van der Waals surface area contributed by atoms with Crippen LogP contribution in [0.25, 0.3) is 0 Å². The molecule has 9 nitrogen and oxygen atoms in total. The molecule has 0 aromatic carbocycles. The lowest BCUT2D eigenvalue weighted by Gasteiger charge is -2.34. The molecule has 3 amide bonds. The molecule has 2 aliphatic heterocycles. The van der Waals surface area contributed by atoms with Crippen molar-refractivity contribution in [1.82, 2.24) is 14.7 Å². The van der Waals surface area contributed by atoms with Crippen LogP contribution in [0.4, 0.5) is 4.79 Å². The van der Waals surface area contributed by atoms with E-state index in [2.05, 4.69) is 0 Å². The van der Waals surface area contributed by atoms with E-state index >= 15 is 0 Å². The van der Waals surface area contributed by atoms with Crippen molar-refractivity contribution in [3.8, 4) is 0 Å². The lowest BCUT2D eigenvalue weighted by molar-refractivity contribution is -0.151. The number of hydrogen-bond acceptors (Lipinski definition) is 6. The maximum atomic E-state index is 12.6. The standard InChI is InChI=1S/C23H39N3O6/c1-6-31-21(29)18-9-13-25(14-10-18)20(28)16-24(5)19(27)15-17-7-11-26(12-8-17)22(30)32-23(2,3)4/h17-18H,6-16H2,1-5H3. The number of nitrogens with zero attached hydrogens (tertiary/aromatic N) is 3. The first-order valence-electron chi connectivity index (χ1n) is 11.7. The van der Waals surface area contributed by atoms with Gasteiger partial charge in [-0.15, -0.1) is 0 Å². The number of likely N-dealkylation sites (N-methyl/N-ethyl adjacent to an activating group) is 1. The van der Waals surface area contributed by atoms with Crippen LogP contribution in [0.2, 0.25) is 0 Å². The number of carbonyl (C=O) groups is 4. The Hall–Kier alpha value is -2.32. The Morgan fingerprint density at radius 2 is 1.50 bits per heavy atom. The molecule has 0 aromatic heterocycles. The van der Waals surface area contributed by atoms with Crippen LogP contribution in [0.1, 0.15) is 59.8 Å². The minimum atomic E-state index is -0.521. The lowest BCUT2D eigenvalue weighted by Crippen LogP contribution is -2.46. The summed E-state index contributed by atoms with van der Waals surface area (Å²) in [6, 6.07) is 0. The van der Waals surface area contributed by atoms with E-state index in [9.17, 15) is 19.2 Å². The highest BCUT2D eigenvalue weighted by atomic mass is 16.6. The van der Waals surface area contributed by atoms with E-state index in [1.54, 1.807) is 23.8 Å². The van der Waals surface area contributed by atoms with Crippen molar-refractivity contribution in [3.63, 3.8) is 0 Å². The first kappa shape index (κ1) is 25.9. The second-order valence-electron chi connectivity index (χ2n) is 9.77. The van der Waals surface area contributed by atoms with E-state index in [1.165, 1.54) is 4.90 Å².